The zero-order valence-corrected chi connectivity index (χ0v) is 16.9. The molecule has 0 saturated carbocycles. The Labute approximate surface area is 167 Å². The van der Waals surface area contributed by atoms with Gasteiger partial charge in [0.2, 0.25) is 0 Å². The minimum Gasteiger partial charge on any atom is -0.486 e. The van der Waals surface area contributed by atoms with Crippen molar-refractivity contribution in [2.45, 2.75) is 37.4 Å². The van der Waals surface area contributed by atoms with E-state index in [0.717, 1.165) is 28.6 Å². The molecule has 1 N–H and O–H groups in total. The molecule has 4 rings (SSSR count). The summed E-state index contributed by atoms with van der Waals surface area (Å²) in [5, 5.41) is 4.53. The molecule has 140 valence electrons. The normalized spacial score (nSPS) is 15.6. The highest BCUT2D eigenvalue weighted by molar-refractivity contribution is 7.98. The lowest BCUT2D eigenvalue weighted by Gasteiger charge is -2.26. The molecular formula is C21H21ClN2O2S. The van der Waals surface area contributed by atoms with Crippen molar-refractivity contribution in [3.63, 3.8) is 0 Å². The van der Waals surface area contributed by atoms with Crippen LogP contribution >= 0.6 is 23.4 Å². The summed E-state index contributed by atoms with van der Waals surface area (Å²) >= 11 is 8.07. The van der Waals surface area contributed by atoms with Gasteiger partial charge in [-0.3, -0.25) is 4.79 Å². The highest BCUT2D eigenvalue weighted by Gasteiger charge is 2.26. The Hall–Kier alpha value is -2.11. The number of thioether (sulfide) groups is 1. The Kier molecular flexibility index (Phi) is 5.06. The van der Waals surface area contributed by atoms with E-state index in [1.165, 1.54) is 4.90 Å². The Morgan fingerprint density at radius 3 is 2.78 bits per heavy atom. The Morgan fingerprint density at radius 1 is 1.30 bits per heavy atom. The van der Waals surface area contributed by atoms with Crippen LogP contribution in [0.4, 0.5) is 0 Å². The van der Waals surface area contributed by atoms with Gasteiger partial charge in [0.25, 0.3) is 5.91 Å². The lowest BCUT2D eigenvalue weighted by Crippen LogP contribution is -2.31. The second kappa shape index (κ2) is 7.49. The van der Waals surface area contributed by atoms with E-state index in [1.54, 1.807) is 11.8 Å². The maximum atomic E-state index is 12.9. The van der Waals surface area contributed by atoms with Gasteiger partial charge in [-0.25, -0.2) is 0 Å². The minimum absolute atomic E-state index is 0.0555. The molecule has 1 aliphatic rings. The number of benzene rings is 2. The molecule has 0 bridgehead atoms. The highest BCUT2D eigenvalue weighted by Crippen LogP contribution is 2.38. The Bertz CT molecular complexity index is 998. The predicted octanol–water partition coefficient (Wildman–Crippen LogP) is 5.12. The molecule has 0 unspecified atom stereocenters. The summed E-state index contributed by atoms with van der Waals surface area (Å²) in [7, 11) is 0. The predicted molar refractivity (Wildman–Crippen MR) is 111 cm³/mol. The standard InChI is InChI=1S/C21H21ClN2O2S/c1-3-14-12-24-18(10-16-17(22)8-9-19(26-14)20(16)24)21(25)23-11-13-4-6-15(27-2)7-5-13/h4-10,14H,3,11-12H2,1-2H3,(H,23,25)/t14-/m1/s1. The van der Waals surface area contributed by atoms with Gasteiger partial charge in [0.05, 0.1) is 17.1 Å². The van der Waals surface area contributed by atoms with Gasteiger partial charge >= 0.3 is 0 Å². The molecule has 0 fully saturated rings. The summed E-state index contributed by atoms with van der Waals surface area (Å²) in [5.41, 5.74) is 2.60. The number of amides is 1. The number of nitrogens with one attached hydrogen (secondary N) is 1. The third-order valence-electron chi connectivity index (χ3n) is 4.95. The van der Waals surface area contributed by atoms with Gasteiger partial charge in [-0.1, -0.05) is 30.7 Å². The lowest BCUT2D eigenvalue weighted by atomic mass is 10.2. The van der Waals surface area contributed by atoms with Crippen molar-refractivity contribution >= 4 is 40.2 Å². The summed E-state index contributed by atoms with van der Waals surface area (Å²) in [5.74, 6) is 0.693. The second-order valence-electron chi connectivity index (χ2n) is 6.63. The molecular weight excluding hydrogens is 380 g/mol. The highest BCUT2D eigenvalue weighted by atomic mass is 35.5. The van der Waals surface area contributed by atoms with E-state index in [-0.39, 0.29) is 12.0 Å². The first-order valence-corrected chi connectivity index (χ1v) is 10.6. The van der Waals surface area contributed by atoms with Gasteiger partial charge < -0.3 is 14.6 Å². The van der Waals surface area contributed by atoms with Crippen LogP contribution in [-0.2, 0) is 13.1 Å². The maximum Gasteiger partial charge on any atom is 0.268 e. The first-order chi connectivity index (χ1) is 13.1. The molecule has 1 aliphatic heterocycles. The van der Waals surface area contributed by atoms with Crippen molar-refractivity contribution in [1.29, 1.82) is 0 Å². The smallest absolute Gasteiger partial charge is 0.268 e. The topological polar surface area (TPSA) is 43.3 Å². The van der Waals surface area contributed by atoms with Gasteiger partial charge in [-0.15, -0.1) is 11.8 Å². The molecule has 6 heteroatoms. The SMILES string of the molecule is CC[C@@H]1Cn2c(C(=O)NCc3ccc(SC)cc3)cc3c(Cl)ccc(c32)O1. The quantitative estimate of drug-likeness (QED) is 0.604. The first-order valence-electron chi connectivity index (χ1n) is 9.00. The van der Waals surface area contributed by atoms with Crippen LogP contribution < -0.4 is 10.1 Å². The van der Waals surface area contributed by atoms with Gasteiger partial charge in [-0.05, 0) is 48.6 Å². The number of aromatic nitrogens is 1. The molecule has 0 saturated heterocycles. The zero-order valence-electron chi connectivity index (χ0n) is 15.3. The van der Waals surface area contributed by atoms with E-state index in [1.807, 2.05) is 41.2 Å². The van der Waals surface area contributed by atoms with E-state index >= 15 is 0 Å². The number of rotatable bonds is 5. The molecule has 0 spiro atoms. The molecule has 4 nitrogen and oxygen atoms in total. The number of carbonyl (C=O) groups excluding carboxylic acids is 1. The van der Waals surface area contributed by atoms with Crippen molar-refractivity contribution < 1.29 is 9.53 Å². The summed E-state index contributed by atoms with van der Waals surface area (Å²) in [6.45, 7) is 3.23. The fourth-order valence-corrected chi connectivity index (χ4v) is 4.05. The van der Waals surface area contributed by atoms with Crippen molar-refractivity contribution in [3.8, 4) is 5.75 Å². The number of ether oxygens (including phenoxy) is 1. The van der Waals surface area contributed by atoms with E-state index in [4.69, 9.17) is 16.3 Å². The van der Waals surface area contributed by atoms with Crippen LogP contribution in [0.15, 0.2) is 47.4 Å². The molecule has 0 aliphatic carbocycles. The third-order valence-corrected chi connectivity index (χ3v) is 6.02. The second-order valence-corrected chi connectivity index (χ2v) is 7.91. The van der Waals surface area contributed by atoms with E-state index in [0.29, 0.717) is 23.8 Å². The van der Waals surface area contributed by atoms with Crippen LogP contribution in [0, 0.1) is 0 Å². The molecule has 1 amide bonds. The summed E-state index contributed by atoms with van der Waals surface area (Å²) in [6, 6.07) is 13.8. The van der Waals surface area contributed by atoms with E-state index in [2.05, 4.69) is 24.4 Å². The number of nitrogens with zero attached hydrogens (tertiary/aromatic N) is 1. The van der Waals surface area contributed by atoms with Gasteiger partial charge in [-0.2, -0.15) is 0 Å². The van der Waals surface area contributed by atoms with E-state index in [9.17, 15) is 4.79 Å². The van der Waals surface area contributed by atoms with Crippen LogP contribution in [0.3, 0.4) is 0 Å². The van der Waals surface area contributed by atoms with E-state index < -0.39 is 0 Å². The van der Waals surface area contributed by atoms with Gasteiger partial charge in [0.15, 0.2) is 0 Å². The lowest BCUT2D eigenvalue weighted by molar-refractivity contribution is 0.0935. The first kappa shape index (κ1) is 18.3. The molecule has 2 aromatic carbocycles. The molecule has 3 aromatic rings. The van der Waals surface area contributed by atoms with Gasteiger partial charge in [0, 0.05) is 16.8 Å². The van der Waals surface area contributed by atoms with Crippen LogP contribution in [0.1, 0.15) is 29.4 Å². The average molecular weight is 401 g/mol. The van der Waals surface area contributed by atoms with Crippen molar-refractivity contribution in [2.24, 2.45) is 0 Å². The summed E-state index contributed by atoms with van der Waals surface area (Å²) < 4.78 is 8.08. The monoisotopic (exact) mass is 400 g/mol. The van der Waals surface area contributed by atoms with Crippen molar-refractivity contribution in [3.05, 3.63) is 58.7 Å². The number of carbonyl (C=O) groups is 1. The van der Waals surface area contributed by atoms with Gasteiger partial charge in [0.1, 0.15) is 17.5 Å². The van der Waals surface area contributed by atoms with Crippen LogP contribution in [0.5, 0.6) is 5.75 Å². The molecule has 2 heterocycles. The maximum absolute atomic E-state index is 12.9. The van der Waals surface area contributed by atoms with Crippen molar-refractivity contribution in [2.75, 3.05) is 6.26 Å². The average Bonchev–Trinajstić information content (AvgIpc) is 3.10. The van der Waals surface area contributed by atoms with Crippen LogP contribution in [-0.4, -0.2) is 22.8 Å². The fraction of sp³-hybridized carbons (Fsp3) is 0.286. The largest absolute Gasteiger partial charge is 0.486 e. The molecule has 1 aromatic heterocycles. The Balaban J connectivity index is 1.62. The van der Waals surface area contributed by atoms with Crippen molar-refractivity contribution in [1.82, 2.24) is 9.88 Å². The molecule has 1 atom stereocenters. The minimum atomic E-state index is -0.0982. The number of halogens is 1. The molecule has 0 radical (unpaired) electrons. The van der Waals surface area contributed by atoms with Crippen LogP contribution in [0.25, 0.3) is 10.9 Å². The fourth-order valence-electron chi connectivity index (χ4n) is 3.44. The molecule has 27 heavy (non-hydrogen) atoms. The van der Waals surface area contributed by atoms with Crippen LogP contribution in [0.2, 0.25) is 5.02 Å². The zero-order chi connectivity index (χ0) is 19.0. The number of hydrogen-bond donors (Lipinski definition) is 1. The summed E-state index contributed by atoms with van der Waals surface area (Å²) in [4.78, 5) is 14.1. The third kappa shape index (κ3) is 3.42. The summed E-state index contributed by atoms with van der Waals surface area (Å²) in [6.07, 6.45) is 2.98. The number of hydrogen-bond acceptors (Lipinski definition) is 3. The Morgan fingerprint density at radius 2 is 2.07 bits per heavy atom.